The molecule has 0 spiro atoms. The summed E-state index contributed by atoms with van der Waals surface area (Å²) in [5.41, 5.74) is 2.91. The quantitative estimate of drug-likeness (QED) is 0.899. The highest BCUT2D eigenvalue weighted by Gasteiger charge is 2.15. The number of nitrogens with zero attached hydrogens (tertiary/aromatic N) is 1. The number of hydrogen-bond acceptors (Lipinski definition) is 4. The topological polar surface area (TPSA) is 62.2 Å². The molecule has 0 unspecified atom stereocenters. The van der Waals surface area contributed by atoms with E-state index >= 15 is 0 Å². The molecule has 0 bridgehead atoms. The van der Waals surface area contributed by atoms with Gasteiger partial charge in [0.2, 0.25) is 0 Å². The number of aryl methyl sites for hydroxylation is 2. The lowest BCUT2D eigenvalue weighted by molar-refractivity contribution is 0.0948. The maximum Gasteiger partial charge on any atom is 0.263 e. The number of carbonyl (C=O) groups excluding carboxylic acids is 1. The Bertz CT molecular complexity index is 593. The molecule has 5 heteroatoms. The number of nitrogens with one attached hydrogen (secondary N) is 1. The molecule has 1 aromatic carbocycles. The zero-order chi connectivity index (χ0) is 13.8. The van der Waals surface area contributed by atoms with Gasteiger partial charge in [-0.05, 0) is 19.9 Å². The second-order valence-corrected chi connectivity index (χ2v) is 5.28. The summed E-state index contributed by atoms with van der Waals surface area (Å²) in [4.78, 5) is 16.9. The van der Waals surface area contributed by atoms with Crippen LogP contribution >= 0.6 is 11.3 Å². The van der Waals surface area contributed by atoms with Gasteiger partial charge in [0, 0.05) is 12.1 Å². The SMILES string of the molecule is Cc1cccc(-c2nc(C)c(C(=O)NCCO)s2)c1. The van der Waals surface area contributed by atoms with Crippen LogP contribution in [0.15, 0.2) is 24.3 Å². The summed E-state index contributed by atoms with van der Waals surface area (Å²) in [5.74, 6) is -0.178. The molecule has 0 saturated carbocycles. The Balaban J connectivity index is 2.28. The van der Waals surface area contributed by atoms with E-state index in [1.165, 1.54) is 11.3 Å². The van der Waals surface area contributed by atoms with Crippen molar-refractivity contribution < 1.29 is 9.90 Å². The minimum atomic E-state index is -0.178. The molecule has 1 amide bonds. The van der Waals surface area contributed by atoms with E-state index in [-0.39, 0.29) is 19.1 Å². The van der Waals surface area contributed by atoms with Crippen LogP contribution in [0, 0.1) is 13.8 Å². The molecule has 100 valence electrons. The second kappa shape index (κ2) is 5.95. The van der Waals surface area contributed by atoms with E-state index < -0.39 is 0 Å². The molecule has 0 atom stereocenters. The highest BCUT2D eigenvalue weighted by Crippen LogP contribution is 2.28. The Kier molecular flexibility index (Phi) is 4.29. The molecule has 2 rings (SSSR count). The monoisotopic (exact) mass is 276 g/mol. The lowest BCUT2D eigenvalue weighted by Gasteiger charge is -2.00. The van der Waals surface area contributed by atoms with E-state index in [1.807, 2.05) is 38.1 Å². The number of amides is 1. The van der Waals surface area contributed by atoms with Gasteiger partial charge in [-0.15, -0.1) is 11.3 Å². The normalized spacial score (nSPS) is 10.5. The standard InChI is InChI=1S/C14H16N2O2S/c1-9-4-3-5-11(8-9)14-16-10(2)12(19-14)13(18)15-6-7-17/h3-5,8,17H,6-7H2,1-2H3,(H,15,18). The predicted octanol–water partition coefficient (Wildman–Crippen LogP) is 2.15. The molecular formula is C14H16N2O2S. The average Bonchev–Trinajstić information content (AvgIpc) is 2.78. The van der Waals surface area contributed by atoms with Gasteiger partial charge < -0.3 is 10.4 Å². The summed E-state index contributed by atoms with van der Waals surface area (Å²) in [6.45, 7) is 4.05. The van der Waals surface area contributed by atoms with Crippen molar-refractivity contribution in [3.05, 3.63) is 40.4 Å². The van der Waals surface area contributed by atoms with Crippen LogP contribution in [0.1, 0.15) is 20.9 Å². The lowest BCUT2D eigenvalue weighted by Crippen LogP contribution is -2.26. The smallest absolute Gasteiger partial charge is 0.263 e. The Morgan fingerprint density at radius 2 is 2.21 bits per heavy atom. The third-order valence-corrected chi connectivity index (χ3v) is 3.87. The number of benzene rings is 1. The Hall–Kier alpha value is -1.72. The molecule has 1 aromatic heterocycles. The molecule has 4 nitrogen and oxygen atoms in total. The molecule has 1 heterocycles. The fraction of sp³-hybridized carbons (Fsp3) is 0.286. The van der Waals surface area contributed by atoms with Gasteiger partial charge in [-0.1, -0.05) is 23.8 Å². The largest absolute Gasteiger partial charge is 0.395 e. The Labute approximate surface area is 116 Å². The van der Waals surface area contributed by atoms with Crippen molar-refractivity contribution in [1.82, 2.24) is 10.3 Å². The highest BCUT2D eigenvalue weighted by molar-refractivity contribution is 7.17. The first-order valence-electron chi connectivity index (χ1n) is 6.05. The van der Waals surface area contributed by atoms with Crippen LogP contribution in [0.2, 0.25) is 0 Å². The molecule has 0 radical (unpaired) electrons. The van der Waals surface area contributed by atoms with Crippen LogP contribution in [0.5, 0.6) is 0 Å². The fourth-order valence-corrected chi connectivity index (χ4v) is 2.74. The molecule has 19 heavy (non-hydrogen) atoms. The van der Waals surface area contributed by atoms with Gasteiger partial charge in [0.15, 0.2) is 0 Å². The maximum atomic E-state index is 11.9. The van der Waals surface area contributed by atoms with Crippen molar-refractivity contribution >= 4 is 17.2 Å². The van der Waals surface area contributed by atoms with E-state index in [2.05, 4.69) is 10.3 Å². The van der Waals surface area contributed by atoms with Gasteiger partial charge in [-0.25, -0.2) is 4.98 Å². The van der Waals surface area contributed by atoms with Crippen LogP contribution in [0.4, 0.5) is 0 Å². The van der Waals surface area contributed by atoms with Gasteiger partial charge in [0.1, 0.15) is 9.88 Å². The Morgan fingerprint density at radius 1 is 1.42 bits per heavy atom. The molecule has 0 saturated heterocycles. The van der Waals surface area contributed by atoms with Crippen LogP contribution in [-0.4, -0.2) is 29.1 Å². The number of hydrogen-bond donors (Lipinski definition) is 2. The van der Waals surface area contributed by atoms with Crippen molar-refractivity contribution in [1.29, 1.82) is 0 Å². The van der Waals surface area contributed by atoms with Crippen molar-refractivity contribution in [2.24, 2.45) is 0 Å². The third kappa shape index (κ3) is 3.19. The molecule has 0 aliphatic rings. The zero-order valence-corrected chi connectivity index (χ0v) is 11.8. The van der Waals surface area contributed by atoms with Crippen molar-refractivity contribution in [2.75, 3.05) is 13.2 Å². The van der Waals surface area contributed by atoms with Crippen LogP contribution in [-0.2, 0) is 0 Å². The number of rotatable bonds is 4. The number of aliphatic hydroxyl groups excluding tert-OH is 1. The maximum absolute atomic E-state index is 11.9. The summed E-state index contributed by atoms with van der Waals surface area (Å²) in [6.07, 6.45) is 0. The van der Waals surface area contributed by atoms with Crippen molar-refractivity contribution in [3.63, 3.8) is 0 Å². The lowest BCUT2D eigenvalue weighted by atomic mass is 10.1. The number of thiazole rings is 1. The third-order valence-electron chi connectivity index (χ3n) is 2.67. The number of aliphatic hydroxyl groups is 1. The molecule has 2 N–H and O–H groups in total. The van der Waals surface area contributed by atoms with Gasteiger partial charge in [-0.2, -0.15) is 0 Å². The highest BCUT2D eigenvalue weighted by atomic mass is 32.1. The minimum Gasteiger partial charge on any atom is -0.395 e. The summed E-state index contributed by atoms with van der Waals surface area (Å²) in [5, 5.41) is 12.2. The van der Waals surface area contributed by atoms with Crippen LogP contribution in [0.25, 0.3) is 10.6 Å². The Morgan fingerprint density at radius 3 is 2.89 bits per heavy atom. The van der Waals surface area contributed by atoms with Crippen molar-refractivity contribution in [2.45, 2.75) is 13.8 Å². The van der Waals surface area contributed by atoms with Gasteiger partial charge in [0.05, 0.1) is 12.3 Å². The first-order chi connectivity index (χ1) is 9.11. The molecule has 2 aromatic rings. The molecule has 0 aliphatic carbocycles. The van der Waals surface area contributed by atoms with E-state index in [9.17, 15) is 4.79 Å². The first kappa shape index (κ1) is 13.7. The predicted molar refractivity (Wildman–Crippen MR) is 76.4 cm³/mol. The summed E-state index contributed by atoms with van der Waals surface area (Å²) >= 11 is 1.38. The molecular weight excluding hydrogens is 260 g/mol. The minimum absolute atomic E-state index is 0.0612. The molecule has 0 aliphatic heterocycles. The van der Waals surface area contributed by atoms with Crippen LogP contribution in [0.3, 0.4) is 0 Å². The van der Waals surface area contributed by atoms with Gasteiger partial charge in [0.25, 0.3) is 5.91 Å². The zero-order valence-electron chi connectivity index (χ0n) is 10.9. The number of carbonyl (C=O) groups is 1. The van der Waals surface area contributed by atoms with E-state index in [0.717, 1.165) is 21.8 Å². The summed E-state index contributed by atoms with van der Waals surface area (Å²) in [6, 6.07) is 8.04. The summed E-state index contributed by atoms with van der Waals surface area (Å²) < 4.78 is 0. The average molecular weight is 276 g/mol. The van der Waals surface area contributed by atoms with Crippen molar-refractivity contribution in [3.8, 4) is 10.6 Å². The molecule has 0 fully saturated rings. The second-order valence-electron chi connectivity index (χ2n) is 4.28. The first-order valence-corrected chi connectivity index (χ1v) is 6.87. The summed E-state index contributed by atoms with van der Waals surface area (Å²) in [7, 11) is 0. The number of aromatic nitrogens is 1. The van der Waals surface area contributed by atoms with E-state index in [4.69, 9.17) is 5.11 Å². The van der Waals surface area contributed by atoms with E-state index in [0.29, 0.717) is 4.88 Å². The van der Waals surface area contributed by atoms with Crippen LogP contribution < -0.4 is 5.32 Å². The fourth-order valence-electron chi connectivity index (χ4n) is 1.76. The van der Waals surface area contributed by atoms with Gasteiger partial charge in [-0.3, -0.25) is 4.79 Å². The van der Waals surface area contributed by atoms with Gasteiger partial charge >= 0.3 is 0 Å². The van der Waals surface area contributed by atoms with E-state index in [1.54, 1.807) is 0 Å².